The van der Waals surface area contributed by atoms with Crippen LogP contribution in [0.4, 0.5) is 0 Å². The van der Waals surface area contributed by atoms with E-state index in [1.54, 1.807) is 12.1 Å². The van der Waals surface area contributed by atoms with Gasteiger partial charge in [-0.15, -0.1) is 0 Å². The largest absolute Gasteiger partial charge is 1.00 e. The Morgan fingerprint density at radius 1 is 1.00 bits per heavy atom. The van der Waals surface area contributed by atoms with E-state index >= 15 is 0 Å². The van der Waals surface area contributed by atoms with Crippen LogP contribution in [0.25, 0.3) is 0 Å². The maximum Gasteiger partial charge on any atom is 1.00 e. The average molecular weight is 403 g/mol. The van der Waals surface area contributed by atoms with Crippen LogP contribution in [-0.4, -0.2) is 13.0 Å². The zero-order valence-corrected chi connectivity index (χ0v) is 19.2. The van der Waals surface area contributed by atoms with Gasteiger partial charge >= 0.3 is 51.4 Å². The molecule has 2 aromatic rings. The van der Waals surface area contributed by atoms with Crippen LogP contribution in [-0.2, 0) is 16.5 Å². The third kappa shape index (κ3) is 7.68. The Morgan fingerprint density at radius 2 is 1.65 bits per heavy atom. The number of unbranched alkanes of at least 4 members (excludes halogenated alkanes) is 4. The normalized spacial score (nSPS) is 11.0. The molecule has 5 nitrogen and oxygen atoms in total. The van der Waals surface area contributed by atoms with Crippen molar-refractivity contribution in [1.82, 2.24) is 0 Å². The van der Waals surface area contributed by atoms with Crippen LogP contribution < -0.4 is 61.2 Å². The van der Waals surface area contributed by atoms with Gasteiger partial charge in [-0.3, -0.25) is 4.55 Å². The monoisotopic (exact) mass is 402 g/mol. The zero-order chi connectivity index (χ0) is 18.3. The minimum atomic E-state index is -4.38. The number of aryl methyl sites for hydroxylation is 1. The summed E-state index contributed by atoms with van der Waals surface area (Å²) >= 11 is 0. The van der Waals surface area contributed by atoms with Crippen molar-refractivity contribution in [2.75, 3.05) is 0 Å². The van der Waals surface area contributed by atoms with Gasteiger partial charge in [-0.05, 0) is 36.6 Å². The first-order valence-electron chi connectivity index (χ1n) is 8.45. The van der Waals surface area contributed by atoms with Crippen molar-refractivity contribution in [1.29, 1.82) is 0 Å². The van der Waals surface area contributed by atoms with Crippen molar-refractivity contribution in [2.24, 2.45) is 0 Å². The molecule has 0 saturated carbocycles. The Morgan fingerprint density at radius 3 is 2.27 bits per heavy atom. The number of hydrogen-bond donors (Lipinski definition) is 1. The molecule has 0 spiro atoms. The summed E-state index contributed by atoms with van der Waals surface area (Å²) in [7, 11) is -4.38. The molecule has 0 unspecified atom stereocenters. The molecule has 7 heteroatoms. The van der Waals surface area contributed by atoms with E-state index < -0.39 is 15.9 Å². The smallest absolute Gasteiger partial charge is 0.870 e. The van der Waals surface area contributed by atoms with E-state index in [4.69, 9.17) is 9.29 Å². The summed E-state index contributed by atoms with van der Waals surface area (Å²) in [5.74, 6) is -0.144. The number of rotatable bonds is 9. The molecule has 0 heterocycles. The molecule has 0 atom stereocenters. The maximum atomic E-state index is 11.8. The van der Waals surface area contributed by atoms with Gasteiger partial charge in [0.15, 0.2) is 0 Å². The van der Waals surface area contributed by atoms with E-state index in [-0.39, 0.29) is 62.0 Å². The van der Waals surface area contributed by atoms with Crippen molar-refractivity contribution >= 4 is 10.1 Å². The Labute approximate surface area is 198 Å². The van der Waals surface area contributed by atoms with Crippen molar-refractivity contribution < 1.29 is 74.2 Å². The van der Waals surface area contributed by atoms with Gasteiger partial charge in [0.1, 0.15) is 11.5 Å². The summed E-state index contributed by atoms with van der Waals surface area (Å²) in [4.78, 5) is -0.370. The van der Waals surface area contributed by atoms with E-state index in [0.717, 1.165) is 31.0 Å². The Balaban J connectivity index is 0.00000338. The number of benzene rings is 2. The zero-order valence-electron chi connectivity index (χ0n) is 15.3. The predicted octanol–water partition coefficient (Wildman–Crippen LogP) is 1.32. The van der Waals surface area contributed by atoms with Gasteiger partial charge in [0.25, 0.3) is 10.1 Å². The molecule has 0 aliphatic rings. The first-order valence-corrected chi connectivity index (χ1v) is 9.89. The first kappa shape index (κ1) is 23.6. The number of hydrogen-bond acceptors (Lipinski definition) is 4. The van der Waals surface area contributed by atoms with Crippen LogP contribution in [0.5, 0.6) is 17.2 Å². The quantitative estimate of drug-likeness (QED) is 0.388. The summed E-state index contributed by atoms with van der Waals surface area (Å²) in [5.41, 5.74) is 1.19. The molecule has 0 radical (unpaired) electrons. The van der Waals surface area contributed by atoms with E-state index in [1.165, 1.54) is 31.2 Å². The fraction of sp³-hybridized carbons (Fsp3) is 0.368. The van der Waals surface area contributed by atoms with Crippen LogP contribution >= 0.6 is 0 Å². The molecule has 0 amide bonds. The molecular formula is C19H23KO5S. The van der Waals surface area contributed by atoms with E-state index in [0.29, 0.717) is 5.75 Å². The van der Waals surface area contributed by atoms with Crippen molar-refractivity contribution in [3.63, 3.8) is 0 Å². The molecule has 1 N–H and O–H groups in total. The van der Waals surface area contributed by atoms with Crippen LogP contribution in [0.2, 0.25) is 0 Å². The molecule has 0 aromatic heterocycles. The van der Waals surface area contributed by atoms with Gasteiger partial charge in [0, 0.05) is 6.07 Å². The van der Waals surface area contributed by atoms with Crippen molar-refractivity contribution in [2.45, 2.75) is 50.3 Å². The fourth-order valence-electron chi connectivity index (χ4n) is 2.51. The molecule has 26 heavy (non-hydrogen) atoms. The van der Waals surface area contributed by atoms with E-state index in [2.05, 4.69) is 6.92 Å². The van der Waals surface area contributed by atoms with E-state index in [9.17, 15) is 13.5 Å². The minimum Gasteiger partial charge on any atom is -0.870 e. The van der Waals surface area contributed by atoms with Gasteiger partial charge in [-0.2, -0.15) is 8.42 Å². The maximum absolute atomic E-state index is 11.8. The molecule has 0 saturated heterocycles. The van der Waals surface area contributed by atoms with Gasteiger partial charge in [0.2, 0.25) is 0 Å². The van der Waals surface area contributed by atoms with Crippen molar-refractivity contribution in [3.8, 4) is 17.2 Å². The van der Waals surface area contributed by atoms with Crippen LogP contribution in [0, 0.1) is 0 Å². The average Bonchev–Trinajstić information content (AvgIpc) is 2.57. The molecule has 2 rings (SSSR count). The van der Waals surface area contributed by atoms with Gasteiger partial charge in [-0.1, -0.05) is 56.6 Å². The molecule has 136 valence electrons. The molecule has 0 aliphatic heterocycles. The summed E-state index contributed by atoms with van der Waals surface area (Å²) in [6.07, 6.45) is 7.11. The van der Waals surface area contributed by atoms with Crippen LogP contribution in [0.15, 0.2) is 47.4 Å². The Hall–Kier alpha value is -0.414. The fourth-order valence-corrected chi connectivity index (χ4v) is 3.01. The first-order chi connectivity index (χ1) is 11.9. The summed E-state index contributed by atoms with van der Waals surface area (Å²) in [6, 6.07) is 10.5. The molecule has 0 aliphatic carbocycles. The van der Waals surface area contributed by atoms with Gasteiger partial charge < -0.3 is 9.84 Å². The second-order valence-electron chi connectivity index (χ2n) is 5.99. The second-order valence-corrected chi connectivity index (χ2v) is 7.42. The summed E-state index contributed by atoms with van der Waals surface area (Å²) < 4.78 is 36.8. The molecule has 2 aromatic carbocycles. The standard InChI is InChI=1S/C19H24O5S.K/c1-2-3-4-5-6-7-15-8-10-16(11-9-15)24-19-14-17(25(21,22)23)12-13-18(19)20;/h8-14,20H,2-7H2,1H3,(H,21,22,23);/q;+1/p-1. The molecule has 0 bridgehead atoms. The van der Waals surface area contributed by atoms with Gasteiger partial charge in [-0.25, -0.2) is 0 Å². The second kappa shape index (κ2) is 11.4. The Kier molecular flexibility index (Phi) is 10.4. The van der Waals surface area contributed by atoms with Crippen molar-refractivity contribution in [3.05, 3.63) is 48.0 Å². The minimum absolute atomic E-state index is 0. The summed E-state index contributed by atoms with van der Waals surface area (Å²) in [6.45, 7) is 2.19. The topological polar surface area (TPSA) is 86.7 Å². The van der Waals surface area contributed by atoms with E-state index in [1.807, 2.05) is 12.1 Å². The van der Waals surface area contributed by atoms with Crippen LogP contribution in [0.3, 0.4) is 0 Å². The molecular weight excluding hydrogens is 379 g/mol. The molecule has 0 fully saturated rings. The van der Waals surface area contributed by atoms with Crippen LogP contribution in [0.1, 0.15) is 44.6 Å². The third-order valence-electron chi connectivity index (χ3n) is 3.93. The van der Waals surface area contributed by atoms with Gasteiger partial charge in [0.05, 0.1) is 4.90 Å². The number of ether oxygens (including phenoxy) is 1. The Bertz CT molecular complexity index is 788. The predicted molar refractivity (Wildman–Crippen MR) is 94.7 cm³/mol. The third-order valence-corrected chi connectivity index (χ3v) is 4.78. The summed E-state index contributed by atoms with van der Waals surface area (Å²) in [5, 5.41) is 11.8. The SMILES string of the molecule is CCCCCCCc1ccc(Oc2cc(S(=O)(=O)O)ccc2[O-])cc1.[K+].